The topological polar surface area (TPSA) is 54.8 Å². The fourth-order valence-corrected chi connectivity index (χ4v) is 4.56. The highest BCUT2D eigenvalue weighted by atomic mass is 19.4. The van der Waals surface area contributed by atoms with E-state index in [9.17, 15) is 13.2 Å². The summed E-state index contributed by atoms with van der Waals surface area (Å²) >= 11 is 0. The van der Waals surface area contributed by atoms with Crippen molar-refractivity contribution in [3.63, 3.8) is 0 Å². The number of halogens is 3. The average molecular weight is 492 g/mol. The molecular weight excluding hydrogens is 463 g/mol. The number of nitrogens with zero attached hydrogens (tertiary/aromatic N) is 3. The van der Waals surface area contributed by atoms with Crippen LogP contribution < -0.4 is 10.6 Å². The van der Waals surface area contributed by atoms with E-state index in [0.29, 0.717) is 23.0 Å². The quantitative estimate of drug-likeness (QED) is 0.328. The van der Waals surface area contributed by atoms with Crippen molar-refractivity contribution in [1.82, 2.24) is 19.9 Å². The minimum absolute atomic E-state index is 0.0325. The van der Waals surface area contributed by atoms with E-state index in [0.717, 1.165) is 48.2 Å². The van der Waals surface area contributed by atoms with Crippen LogP contribution in [0.2, 0.25) is 0 Å². The van der Waals surface area contributed by atoms with Crippen molar-refractivity contribution in [3.8, 4) is 22.5 Å². The Morgan fingerprint density at radius 3 is 2.50 bits per heavy atom. The zero-order valence-electron chi connectivity index (χ0n) is 20.2. The predicted molar refractivity (Wildman–Crippen MR) is 135 cm³/mol. The Balaban J connectivity index is 1.55. The molecule has 0 spiro atoms. The molecule has 1 aliphatic rings. The van der Waals surface area contributed by atoms with Crippen LogP contribution in [0.25, 0.3) is 22.5 Å². The van der Waals surface area contributed by atoms with Gasteiger partial charge in [-0.1, -0.05) is 42.5 Å². The van der Waals surface area contributed by atoms with Crippen molar-refractivity contribution in [3.05, 3.63) is 89.9 Å². The van der Waals surface area contributed by atoms with Crippen LogP contribution in [0.1, 0.15) is 29.9 Å². The fraction of sp³-hybridized carbons (Fsp3) is 0.286. The molecule has 0 amide bonds. The highest BCUT2D eigenvalue weighted by Crippen LogP contribution is 2.37. The lowest BCUT2D eigenvalue weighted by Crippen LogP contribution is -2.43. The summed E-state index contributed by atoms with van der Waals surface area (Å²) in [6.45, 7) is 3.90. The van der Waals surface area contributed by atoms with E-state index in [-0.39, 0.29) is 6.04 Å². The lowest BCUT2D eigenvalue weighted by molar-refractivity contribution is -0.137. The number of benzene rings is 2. The lowest BCUT2D eigenvalue weighted by atomic mass is 9.99. The van der Waals surface area contributed by atoms with Crippen molar-refractivity contribution < 1.29 is 13.2 Å². The van der Waals surface area contributed by atoms with Gasteiger partial charge in [0.2, 0.25) is 0 Å². The van der Waals surface area contributed by atoms with E-state index in [2.05, 4.69) is 34.7 Å². The third-order valence-corrected chi connectivity index (χ3v) is 6.69. The standard InChI is InChI=1S/C28H28F3N5/c1-18(20-7-4-3-5-8-20)34-24-15-22(11-12-33-24)27-26(21-9-6-10-23(14-21)28(29,30)31)35-25(36(27)2)13-19-16-32-17-19/h3-12,14-15,18-19,32H,13,16-17H2,1-2H3,(H,33,34). The summed E-state index contributed by atoms with van der Waals surface area (Å²) in [5.41, 5.74) is 3.04. The second-order valence-corrected chi connectivity index (χ2v) is 9.30. The molecule has 4 aromatic rings. The van der Waals surface area contributed by atoms with Crippen LogP contribution >= 0.6 is 0 Å². The summed E-state index contributed by atoms with van der Waals surface area (Å²) in [7, 11) is 1.93. The van der Waals surface area contributed by atoms with Gasteiger partial charge in [-0.15, -0.1) is 0 Å². The third-order valence-electron chi connectivity index (χ3n) is 6.69. The van der Waals surface area contributed by atoms with Crippen molar-refractivity contribution in [1.29, 1.82) is 0 Å². The Morgan fingerprint density at radius 1 is 1.03 bits per heavy atom. The maximum atomic E-state index is 13.5. The normalized spacial score (nSPS) is 14.9. The second-order valence-electron chi connectivity index (χ2n) is 9.30. The van der Waals surface area contributed by atoms with Crippen LogP contribution in [0, 0.1) is 5.92 Å². The molecule has 1 saturated heterocycles. The van der Waals surface area contributed by atoms with Gasteiger partial charge in [0.25, 0.3) is 0 Å². The molecule has 0 aliphatic carbocycles. The molecule has 8 heteroatoms. The van der Waals surface area contributed by atoms with Crippen LogP contribution in [0.5, 0.6) is 0 Å². The van der Waals surface area contributed by atoms with Gasteiger partial charge in [-0.2, -0.15) is 13.2 Å². The summed E-state index contributed by atoms with van der Waals surface area (Å²) in [5, 5.41) is 6.71. The number of hydrogen-bond donors (Lipinski definition) is 2. The minimum Gasteiger partial charge on any atom is -0.364 e. The lowest BCUT2D eigenvalue weighted by Gasteiger charge is -2.26. The molecule has 1 unspecified atom stereocenters. The highest BCUT2D eigenvalue weighted by molar-refractivity contribution is 5.80. The summed E-state index contributed by atoms with van der Waals surface area (Å²) < 4.78 is 42.5. The molecule has 36 heavy (non-hydrogen) atoms. The van der Waals surface area contributed by atoms with Gasteiger partial charge >= 0.3 is 6.18 Å². The van der Waals surface area contributed by atoms with Crippen LogP contribution in [0.4, 0.5) is 19.0 Å². The molecule has 5 rings (SSSR count). The first kappa shape index (κ1) is 24.1. The van der Waals surface area contributed by atoms with Gasteiger partial charge in [0.1, 0.15) is 11.6 Å². The highest BCUT2D eigenvalue weighted by Gasteiger charge is 2.31. The smallest absolute Gasteiger partial charge is 0.364 e. The zero-order valence-corrected chi connectivity index (χ0v) is 20.2. The van der Waals surface area contributed by atoms with E-state index >= 15 is 0 Å². The zero-order chi connectivity index (χ0) is 25.3. The molecule has 2 aromatic heterocycles. The molecule has 186 valence electrons. The Labute approximate surface area is 208 Å². The predicted octanol–water partition coefficient (Wildman–Crippen LogP) is 6.10. The number of imidazole rings is 1. The van der Waals surface area contributed by atoms with E-state index in [4.69, 9.17) is 4.98 Å². The second kappa shape index (κ2) is 9.78. The molecular formula is C28H28F3N5. The van der Waals surface area contributed by atoms with Crippen LogP contribution in [0.3, 0.4) is 0 Å². The van der Waals surface area contributed by atoms with E-state index in [1.807, 2.05) is 41.9 Å². The van der Waals surface area contributed by atoms with Gasteiger partial charge in [-0.3, -0.25) is 0 Å². The number of hydrogen-bond acceptors (Lipinski definition) is 4. The van der Waals surface area contributed by atoms with Gasteiger partial charge in [0.05, 0.1) is 17.0 Å². The molecule has 0 saturated carbocycles. The van der Waals surface area contributed by atoms with Gasteiger partial charge in [-0.05, 0) is 55.8 Å². The van der Waals surface area contributed by atoms with Crippen LogP contribution in [-0.2, 0) is 19.6 Å². The number of rotatable bonds is 7. The molecule has 3 heterocycles. The first-order valence-electron chi connectivity index (χ1n) is 12.0. The Bertz CT molecular complexity index is 1340. The molecule has 1 fully saturated rings. The molecule has 1 atom stereocenters. The van der Waals surface area contributed by atoms with Gasteiger partial charge in [-0.25, -0.2) is 9.97 Å². The van der Waals surface area contributed by atoms with Crippen molar-refractivity contribution >= 4 is 5.82 Å². The largest absolute Gasteiger partial charge is 0.416 e. The van der Waals surface area contributed by atoms with Crippen LogP contribution in [-0.4, -0.2) is 27.6 Å². The van der Waals surface area contributed by atoms with Gasteiger partial charge < -0.3 is 15.2 Å². The van der Waals surface area contributed by atoms with E-state index in [1.165, 1.54) is 12.1 Å². The summed E-state index contributed by atoms with van der Waals surface area (Å²) in [6.07, 6.45) is -1.95. The number of aromatic nitrogens is 3. The molecule has 1 aliphatic heterocycles. The third kappa shape index (κ3) is 4.99. The SMILES string of the molecule is CC(Nc1cc(-c2c(-c3cccc(C(F)(F)F)c3)nc(CC3CNC3)n2C)ccn1)c1ccccc1. The Kier molecular flexibility index (Phi) is 6.53. The Morgan fingerprint density at radius 2 is 1.81 bits per heavy atom. The maximum Gasteiger partial charge on any atom is 0.416 e. The van der Waals surface area contributed by atoms with Crippen molar-refractivity contribution in [2.45, 2.75) is 25.6 Å². The summed E-state index contributed by atoms with van der Waals surface area (Å²) in [6, 6.07) is 19.3. The monoisotopic (exact) mass is 491 g/mol. The van der Waals surface area contributed by atoms with Gasteiger partial charge in [0, 0.05) is 36.8 Å². The number of pyridine rings is 1. The number of anilines is 1. The Hall–Kier alpha value is -3.65. The average Bonchev–Trinajstić information content (AvgIpc) is 3.17. The molecule has 0 bridgehead atoms. The van der Waals surface area contributed by atoms with E-state index < -0.39 is 11.7 Å². The van der Waals surface area contributed by atoms with Crippen LogP contribution in [0.15, 0.2) is 72.9 Å². The first-order valence-corrected chi connectivity index (χ1v) is 12.0. The van der Waals surface area contributed by atoms with Crippen molar-refractivity contribution in [2.75, 3.05) is 18.4 Å². The minimum atomic E-state index is -4.42. The molecule has 5 nitrogen and oxygen atoms in total. The van der Waals surface area contributed by atoms with Gasteiger partial charge in [0.15, 0.2) is 0 Å². The summed E-state index contributed by atoms with van der Waals surface area (Å²) in [5.74, 6) is 2.01. The fourth-order valence-electron chi connectivity index (χ4n) is 4.56. The maximum absolute atomic E-state index is 13.5. The van der Waals surface area contributed by atoms with E-state index in [1.54, 1.807) is 12.3 Å². The molecule has 2 aromatic carbocycles. The molecule has 2 N–H and O–H groups in total. The number of nitrogens with one attached hydrogen (secondary N) is 2. The first-order chi connectivity index (χ1) is 17.3. The summed E-state index contributed by atoms with van der Waals surface area (Å²) in [4.78, 5) is 9.36. The molecule has 0 radical (unpaired) electrons. The number of alkyl halides is 3. The van der Waals surface area contributed by atoms with Crippen molar-refractivity contribution in [2.24, 2.45) is 13.0 Å².